The van der Waals surface area contributed by atoms with Crippen molar-refractivity contribution in [3.63, 3.8) is 0 Å². The SMILES string of the molecule is CC/C=C\C/C=C\C/C=C\CCCCCCCC(=O)OC(COC(=O)CCCCCCCCCCCC)COC1OC(CO)C(O)C(O)C1O. The maximum absolute atomic E-state index is 12.7. The van der Waals surface area contributed by atoms with Crippen LogP contribution in [0, 0.1) is 0 Å². The van der Waals surface area contributed by atoms with Crippen LogP contribution in [0.1, 0.15) is 149 Å². The number of allylic oxidation sites excluding steroid dienone is 6. The van der Waals surface area contributed by atoms with Gasteiger partial charge in [-0.2, -0.15) is 0 Å². The molecule has 1 aliphatic rings. The molecule has 0 aromatic heterocycles. The lowest BCUT2D eigenvalue weighted by Crippen LogP contribution is -2.59. The van der Waals surface area contributed by atoms with Crippen molar-refractivity contribution in [2.75, 3.05) is 19.8 Å². The summed E-state index contributed by atoms with van der Waals surface area (Å²) in [6, 6.07) is 0. The van der Waals surface area contributed by atoms with Crippen LogP contribution in [0.4, 0.5) is 0 Å². The molecule has 10 heteroatoms. The topological polar surface area (TPSA) is 152 Å². The summed E-state index contributed by atoms with van der Waals surface area (Å²) in [5.41, 5.74) is 0. The van der Waals surface area contributed by atoms with E-state index in [1.54, 1.807) is 0 Å². The first kappa shape index (κ1) is 45.9. The number of carbonyl (C=O) groups is 2. The molecule has 1 saturated heterocycles. The molecule has 290 valence electrons. The molecule has 0 saturated carbocycles. The third-order valence-electron chi connectivity index (χ3n) is 8.79. The molecule has 0 aliphatic carbocycles. The number of hydrogen-bond donors (Lipinski definition) is 4. The van der Waals surface area contributed by atoms with E-state index in [1.165, 1.54) is 44.9 Å². The van der Waals surface area contributed by atoms with Crippen LogP contribution < -0.4 is 0 Å². The molecule has 0 radical (unpaired) electrons. The second-order valence-corrected chi connectivity index (χ2v) is 13.4. The van der Waals surface area contributed by atoms with Crippen molar-refractivity contribution in [1.29, 1.82) is 0 Å². The third kappa shape index (κ3) is 23.4. The molecule has 0 aromatic rings. The van der Waals surface area contributed by atoms with Crippen molar-refractivity contribution in [2.24, 2.45) is 0 Å². The Morgan fingerprint density at radius 3 is 1.78 bits per heavy atom. The van der Waals surface area contributed by atoms with Gasteiger partial charge >= 0.3 is 11.9 Å². The molecule has 1 heterocycles. The lowest BCUT2D eigenvalue weighted by molar-refractivity contribution is -0.305. The molecule has 0 spiro atoms. The van der Waals surface area contributed by atoms with Crippen LogP contribution in [0.25, 0.3) is 0 Å². The molecule has 1 rings (SSSR count). The number of rotatable bonds is 31. The maximum atomic E-state index is 12.7. The van der Waals surface area contributed by atoms with Crippen molar-refractivity contribution in [1.82, 2.24) is 0 Å². The van der Waals surface area contributed by atoms with Crippen molar-refractivity contribution in [3.05, 3.63) is 36.5 Å². The Morgan fingerprint density at radius 2 is 1.18 bits per heavy atom. The summed E-state index contributed by atoms with van der Waals surface area (Å²) in [7, 11) is 0. The Hall–Kier alpha value is -2.08. The smallest absolute Gasteiger partial charge is 0.306 e. The normalized spacial score (nSPS) is 21.8. The molecule has 1 fully saturated rings. The Morgan fingerprint density at radius 1 is 0.640 bits per heavy atom. The standard InChI is InChI=1S/C40H70O10/c1-3-5-7-9-11-13-15-16-17-18-19-21-23-25-27-29-36(43)49-33(32-48-40-39(46)38(45)37(44)34(30-41)50-40)31-47-35(42)28-26-24-22-20-14-12-10-8-6-4-2/h5,7,11,13,16-17,33-34,37-41,44-46H,3-4,6,8-10,12,14-15,18-32H2,1-2H3/b7-5-,13-11-,17-16-. The molecule has 0 aromatic carbocycles. The van der Waals surface area contributed by atoms with Crippen LogP contribution in [0.15, 0.2) is 36.5 Å². The third-order valence-corrected chi connectivity index (χ3v) is 8.79. The number of hydrogen-bond acceptors (Lipinski definition) is 10. The highest BCUT2D eigenvalue weighted by Gasteiger charge is 2.44. The zero-order chi connectivity index (χ0) is 36.7. The van der Waals surface area contributed by atoms with Crippen molar-refractivity contribution < 1.29 is 49.0 Å². The van der Waals surface area contributed by atoms with Crippen LogP contribution in [-0.4, -0.2) is 89.0 Å². The summed E-state index contributed by atoms with van der Waals surface area (Å²) < 4.78 is 22.0. The van der Waals surface area contributed by atoms with Gasteiger partial charge in [-0.25, -0.2) is 0 Å². The molecule has 4 N–H and O–H groups in total. The quantitative estimate of drug-likeness (QED) is 0.0331. The average Bonchev–Trinajstić information content (AvgIpc) is 3.11. The molecule has 10 nitrogen and oxygen atoms in total. The number of ether oxygens (including phenoxy) is 4. The molecule has 6 unspecified atom stereocenters. The van der Waals surface area contributed by atoms with Crippen LogP contribution in [0.3, 0.4) is 0 Å². The summed E-state index contributed by atoms with van der Waals surface area (Å²) in [4.78, 5) is 25.1. The first-order valence-electron chi connectivity index (χ1n) is 19.6. The first-order valence-corrected chi connectivity index (χ1v) is 19.6. The largest absolute Gasteiger partial charge is 0.462 e. The average molecular weight is 711 g/mol. The zero-order valence-corrected chi connectivity index (χ0v) is 31.1. The maximum Gasteiger partial charge on any atom is 0.306 e. The predicted octanol–water partition coefficient (Wildman–Crippen LogP) is 7.16. The van der Waals surface area contributed by atoms with Gasteiger partial charge < -0.3 is 39.4 Å². The number of unbranched alkanes of at least 4 members (excludes halogenated alkanes) is 14. The summed E-state index contributed by atoms with van der Waals surface area (Å²) in [5, 5.41) is 39.9. The van der Waals surface area contributed by atoms with E-state index < -0.39 is 49.4 Å². The first-order chi connectivity index (χ1) is 24.3. The van der Waals surface area contributed by atoms with Gasteiger partial charge in [-0.1, -0.05) is 127 Å². The summed E-state index contributed by atoms with van der Waals surface area (Å²) >= 11 is 0. The summed E-state index contributed by atoms with van der Waals surface area (Å²) in [5.74, 6) is -0.830. The van der Waals surface area contributed by atoms with Gasteiger partial charge in [-0.3, -0.25) is 9.59 Å². The van der Waals surface area contributed by atoms with E-state index in [9.17, 15) is 30.0 Å². The molecule has 1 aliphatic heterocycles. The second-order valence-electron chi connectivity index (χ2n) is 13.4. The van der Waals surface area contributed by atoms with Gasteiger partial charge in [0.2, 0.25) is 0 Å². The lowest BCUT2D eigenvalue weighted by Gasteiger charge is -2.39. The Kier molecular flexibility index (Phi) is 29.1. The lowest BCUT2D eigenvalue weighted by atomic mass is 9.99. The van der Waals surface area contributed by atoms with Gasteiger partial charge in [0.1, 0.15) is 31.0 Å². The zero-order valence-electron chi connectivity index (χ0n) is 31.1. The van der Waals surface area contributed by atoms with E-state index in [0.717, 1.165) is 70.6 Å². The minimum Gasteiger partial charge on any atom is -0.462 e. The fraction of sp³-hybridized carbons (Fsp3) is 0.800. The van der Waals surface area contributed by atoms with E-state index in [-0.39, 0.29) is 32.0 Å². The van der Waals surface area contributed by atoms with Gasteiger partial charge in [0.25, 0.3) is 0 Å². The number of aliphatic hydroxyl groups is 4. The number of carbonyl (C=O) groups excluding carboxylic acids is 2. The Balaban J connectivity index is 2.41. The van der Waals surface area contributed by atoms with Crippen LogP contribution >= 0.6 is 0 Å². The van der Waals surface area contributed by atoms with Crippen molar-refractivity contribution in [3.8, 4) is 0 Å². The van der Waals surface area contributed by atoms with Crippen molar-refractivity contribution >= 4 is 11.9 Å². The molecular weight excluding hydrogens is 640 g/mol. The minimum absolute atomic E-state index is 0.211. The minimum atomic E-state index is -1.60. The van der Waals surface area contributed by atoms with Gasteiger partial charge in [0.15, 0.2) is 12.4 Å². The Labute approximate surface area is 302 Å². The monoisotopic (exact) mass is 710 g/mol. The fourth-order valence-electron chi connectivity index (χ4n) is 5.67. The van der Waals surface area contributed by atoms with Crippen LogP contribution in [0.5, 0.6) is 0 Å². The van der Waals surface area contributed by atoms with Crippen LogP contribution in [0.2, 0.25) is 0 Å². The van der Waals surface area contributed by atoms with Crippen molar-refractivity contribution in [2.45, 2.75) is 185 Å². The number of esters is 2. The van der Waals surface area contributed by atoms with Gasteiger partial charge in [0.05, 0.1) is 13.2 Å². The molecule has 0 amide bonds. The molecule has 0 bridgehead atoms. The number of aliphatic hydroxyl groups excluding tert-OH is 4. The Bertz CT molecular complexity index is 918. The van der Waals surface area contributed by atoms with Crippen LogP contribution in [-0.2, 0) is 28.5 Å². The van der Waals surface area contributed by atoms with E-state index >= 15 is 0 Å². The predicted molar refractivity (Wildman–Crippen MR) is 196 cm³/mol. The van der Waals surface area contributed by atoms with Gasteiger partial charge in [-0.15, -0.1) is 0 Å². The summed E-state index contributed by atoms with van der Waals surface area (Å²) in [6.45, 7) is 3.26. The highest BCUT2D eigenvalue weighted by molar-refractivity contribution is 5.70. The molecule has 50 heavy (non-hydrogen) atoms. The van der Waals surface area contributed by atoms with Gasteiger partial charge in [-0.05, 0) is 44.9 Å². The van der Waals surface area contributed by atoms with E-state index in [2.05, 4.69) is 50.3 Å². The van der Waals surface area contributed by atoms with E-state index in [4.69, 9.17) is 18.9 Å². The highest BCUT2D eigenvalue weighted by Crippen LogP contribution is 2.22. The van der Waals surface area contributed by atoms with E-state index in [0.29, 0.717) is 6.42 Å². The highest BCUT2D eigenvalue weighted by atomic mass is 16.7. The molecular formula is C40H70O10. The second kappa shape index (κ2) is 31.6. The van der Waals surface area contributed by atoms with Gasteiger partial charge in [0, 0.05) is 12.8 Å². The fourth-order valence-corrected chi connectivity index (χ4v) is 5.67. The molecule has 6 atom stereocenters. The van der Waals surface area contributed by atoms with E-state index in [1.807, 2.05) is 0 Å². The summed E-state index contributed by atoms with van der Waals surface area (Å²) in [6.07, 6.45) is 25.9.